The molecular formula is C15H14BrN3. The molecular weight excluding hydrogens is 302 g/mol. The van der Waals surface area contributed by atoms with Crippen molar-refractivity contribution in [2.45, 2.75) is 6.92 Å². The number of aromatic amines is 1. The molecule has 4 heteroatoms. The van der Waals surface area contributed by atoms with Crippen LogP contribution < -0.4 is 4.90 Å². The second-order valence-corrected chi connectivity index (χ2v) is 5.45. The van der Waals surface area contributed by atoms with Crippen molar-refractivity contribution in [2.24, 2.45) is 0 Å². The maximum atomic E-state index is 4.45. The quantitative estimate of drug-likeness (QED) is 0.760. The van der Waals surface area contributed by atoms with Gasteiger partial charge in [0.05, 0.1) is 5.69 Å². The van der Waals surface area contributed by atoms with Crippen LogP contribution in [0, 0.1) is 6.92 Å². The van der Waals surface area contributed by atoms with Crippen LogP contribution in [0.4, 0.5) is 11.5 Å². The summed E-state index contributed by atoms with van der Waals surface area (Å²) >= 11 is 3.41. The fourth-order valence-electron chi connectivity index (χ4n) is 2.38. The number of aryl methyl sites for hydroxylation is 1. The van der Waals surface area contributed by atoms with Gasteiger partial charge in [-0.1, -0.05) is 18.2 Å². The molecule has 0 aliphatic rings. The van der Waals surface area contributed by atoms with E-state index in [-0.39, 0.29) is 0 Å². The van der Waals surface area contributed by atoms with E-state index in [2.05, 4.69) is 55.9 Å². The number of hydrogen-bond acceptors (Lipinski definition) is 2. The molecule has 19 heavy (non-hydrogen) atoms. The van der Waals surface area contributed by atoms with E-state index >= 15 is 0 Å². The average molecular weight is 316 g/mol. The summed E-state index contributed by atoms with van der Waals surface area (Å²) in [7, 11) is 2.04. The monoisotopic (exact) mass is 315 g/mol. The van der Waals surface area contributed by atoms with Gasteiger partial charge in [0, 0.05) is 34.3 Å². The van der Waals surface area contributed by atoms with Crippen molar-refractivity contribution in [1.29, 1.82) is 0 Å². The van der Waals surface area contributed by atoms with Crippen molar-refractivity contribution in [2.75, 3.05) is 11.9 Å². The lowest BCUT2D eigenvalue weighted by Crippen LogP contribution is -2.11. The Morgan fingerprint density at radius 3 is 2.68 bits per heavy atom. The van der Waals surface area contributed by atoms with Gasteiger partial charge in [0.15, 0.2) is 0 Å². The molecule has 0 unspecified atom stereocenters. The Morgan fingerprint density at radius 1 is 1.16 bits per heavy atom. The number of pyridine rings is 1. The number of benzene rings is 1. The molecule has 0 fully saturated rings. The highest BCUT2D eigenvalue weighted by Crippen LogP contribution is 2.33. The van der Waals surface area contributed by atoms with E-state index in [4.69, 9.17) is 0 Å². The number of para-hydroxylation sites is 1. The first-order chi connectivity index (χ1) is 9.16. The molecule has 0 spiro atoms. The van der Waals surface area contributed by atoms with Gasteiger partial charge in [0.25, 0.3) is 0 Å². The predicted molar refractivity (Wildman–Crippen MR) is 83.0 cm³/mol. The molecule has 3 nitrogen and oxygen atoms in total. The van der Waals surface area contributed by atoms with Crippen molar-refractivity contribution in [3.05, 3.63) is 52.8 Å². The van der Waals surface area contributed by atoms with Crippen LogP contribution in [0.25, 0.3) is 10.9 Å². The lowest BCUT2D eigenvalue weighted by atomic mass is 10.2. The smallest absolute Gasteiger partial charge is 0.132 e. The molecule has 96 valence electrons. The van der Waals surface area contributed by atoms with Gasteiger partial charge in [0.1, 0.15) is 5.82 Å². The number of aromatic nitrogens is 2. The number of rotatable bonds is 2. The highest BCUT2D eigenvalue weighted by atomic mass is 79.9. The fourth-order valence-corrected chi connectivity index (χ4v) is 2.61. The van der Waals surface area contributed by atoms with Gasteiger partial charge in [-0.15, -0.1) is 0 Å². The van der Waals surface area contributed by atoms with Crippen LogP contribution >= 0.6 is 15.9 Å². The highest BCUT2D eigenvalue weighted by molar-refractivity contribution is 9.10. The van der Waals surface area contributed by atoms with Gasteiger partial charge in [-0.3, -0.25) is 0 Å². The molecule has 3 aromatic rings. The maximum absolute atomic E-state index is 4.45. The van der Waals surface area contributed by atoms with Crippen LogP contribution in [0.1, 0.15) is 5.69 Å². The van der Waals surface area contributed by atoms with Crippen LogP contribution in [0.3, 0.4) is 0 Å². The number of H-pyrrole nitrogens is 1. The van der Waals surface area contributed by atoms with Crippen LogP contribution in [-0.2, 0) is 0 Å². The van der Waals surface area contributed by atoms with Gasteiger partial charge in [-0.05, 0) is 41.1 Å². The van der Waals surface area contributed by atoms with Crippen LogP contribution in [0.15, 0.2) is 47.1 Å². The Kier molecular flexibility index (Phi) is 3.03. The summed E-state index contributed by atoms with van der Waals surface area (Å²) in [6.07, 6.45) is 1.82. The van der Waals surface area contributed by atoms with E-state index in [0.29, 0.717) is 0 Å². The van der Waals surface area contributed by atoms with E-state index in [0.717, 1.165) is 21.5 Å². The molecule has 0 aliphatic carbocycles. The molecule has 0 atom stereocenters. The lowest BCUT2D eigenvalue weighted by molar-refractivity contribution is 1.11. The summed E-state index contributed by atoms with van der Waals surface area (Å²) in [4.78, 5) is 9.97. The summed E-state index contributed by atoms with van der Waals surface area (Å²) in [5.41, 5.74) is 3.47. The SMILES string of the molecule is Cc1[nH]c2ccccc2c1N(C)c1ccc(Br)cn1. The first-order valence-corrected chi connectivity index (χ1v) is 6.88. The Hall–Kier alpha value is -1.81. The van der Waals surface area contributed by atoms with E-state index in [9.17, 15) is 0 Å². The third-order valence-electron chi connectivity index (χ3n) is 3.25. The van der Waals surface area contributed by atoms with E-state index in [1.807, 2.05) is 31.4 Å². The molecule has 3 rings (SSSR count). The minimum atomic E-state index is 0.927. The molecule has 0 saturated heterocycles. The van der Waals surface area contributed by atoms with Gasteiger partial charge >= 0.3 is 0 Å². The second-order valence-electron chi connectivity index (χ2n) is 4.54. The summed E-state index contributed by atoms with van der Waals surface area (Å²) in [5, 5.41) is 1.22. The number of nitrogens with zero attached hydrogens (tertiary/aromatic N) is 2. The second kappa shape index (κ2) is 4.70. The lowest BCUT2D eigenvalue weighted by Gasteiger charge is -2.18. The van der Waals surface area contributed by atoms with Crippen LogP contribution in [0.5, 0.6) is 0 Å². The van der Waals surface area contributed by atoms with E-state index < -0.39 is 0 Å². The molecule has 1 aromatic carbocycles. The first kappa shape index (κ1) is 12.2. The van der Waals surface area contributed by atoms with Gasteiger partial charge in [-0.2, -0.15) is 0 Å². The Balaban J connectivity index is 2.13. The van der Waals surface area contributed by atoms with Crippen molar-refractivity contribution in [3.63, 3.8) is 0 Å². The summed E-state index contributed by atoms with van der Waals surface area (Å²) in [5.74, 6) is 0.927. The summed E-state index contributed by atoms with van der Waals surface area (Å²) in [6.45, 7) is 2.09. The summed E-state index contributed by atoms with van der Waals surface area (Å²) < 4.78 is 0.986. The Morgan fingerprint density at radius 2 is 1.95 bits per heavy atom. The van der Waals surface area contributed by atoms with Crippen molar-refractivity contribution < 1.29 is 0 Å². The largest absolute Gasteiger partial charge is 0.357 e. The molecule has 0 amide bonds. The minimum Gasteiger partial charge on any atom is -0.357 e. The third kappa shape index (κ3) is 2.12. The van der Waals surface area contributed by atoms with Gasteiger partial charge in [0.2, 0.25) is 0 Å². The van der Waals surface area contributed by atoms with E-state index in [1.165, 1.54) is 11.1 Å². The molecule has 2 heterocycles. The molecule has 0 radical (unpaired) electrons. The number of halogens is 1. The molecule has 0 aliphatic heterocycles. The Bertz CT molecular complexity index is 716. The molecule has 1 N–H and O–H groups in total. The van der Waals surface area contributed by atoms with Crippen molar-refractivity contribution in [1.82, 2.24) is 9.97 Å². The highest BCUT2D eigenvalue weighted by Gasteiger charge is 2.14. The molecule has 0 bridgehead atoms. The average Bonchev–Trinajstić information content (AvgIpc) is 2.74. The predicted octanol–water partition coefficient (Wildman–Crippen LogP) is 4.40. The van der Waals surface area contributed by atoms with Crippen molar-refractivity contribution in [3.8, 4) is 0 Å². The maximum Gasteiger partial charge on any atom is 0.132 e. The molecule has 2 aromatic heterocycles. The van der Waals surface area contributed by atoms with Crippen LogP contribution in [-0.4, -0.2) is 17.0 Å². The zero-order valence-corrected chi connectivity index (χ0v) is 12.4. The number of fused-ring (bicyclic) bond motifs is 1. The van der Waals surface area contributed by atoms with E-state index in [1.54, 1.807) is 0 Å². The third-order valence-corrected chi connectivity index (χ3v) is 3.72. The van der Waals surface area contributed by atoms with Gasteiger partial charge in [-0.25, -0.2) is 4.98 Å². The van der Waals surface area contributed by atoms with Gasteiger partial charge < -0.3 is 9.88 Å². The number of anilines is 2. The zero-order valence-electron chi connectivity index (χ0n) is 10.8. The summed E-state index contributed by atoms with van der Waals surface area (Å²) in [6, 6.07) is 12.3. The normalized spacial score (nSPS) is 10.9. The topological polar surface area (TPSA) is 31.9 Å². The minimum absolute atomic E-state index is 0.927. The number of hydrogen-bond donors (Lipinski definition) is 1. The Labute approximate surface area is 120 Å². The zero-order chi connectivity index (χ0) is 13.4. The number of nitrogens with one attached hydrogen (secondary N) is 1. The standard InChI is InChI=1S/C15H14BrN3/c1-10-15(12-5-3-4-6-13(12)18-10)19(2)14-8-7-11(16)9-17-14/h3-9,18H,1-2H3. The first-order valence-electron chi connectivity index (χ1n) is 6.09. The van der Waals surface area contributed by atoms with Crippen LogP contribution in [0.2, 0.25) is 0 Å². The fraction of sp³-hybridized carbons (Fsp3) is 0.133. The molecule has 0 saturated carbocycles. The van der Waals surface area contributed by atoms with Crippen molar-refractivity contribution >= 4 is 38.3 Å².